The van der Waals surface area contributed by atoms with E-state index in [0.29, 0.717) is 18.2 Å². The lowest BCUT2D eigenvalue weighted by Crippen LogP contribution is -2.51. The number of hydrogen-bond acceptors (Lipinski definition) is 4. The minimum Gasteiger partial charge on any atom is -0.347 e. The van der Waals surface area contributed by atoms with Crippen LogP contribution >= 0.6 is 0 Å². The van der Waals surface area contributed by atoms with Gasteiger partial charge in [-0.05, 0) is 54.6 Å². The molecule has 1 aliphatic carbocycles. The summed E-state index contributed by atoms with van der Waals surface area (Å²) in [7, 11) is 1.82. The normalized spacial score (nSPS) is 24.4. The Hall–Kier alpha value is -2.70. The summed E-state index contributed by atoms with van der Waals surface area (Å²) in [4.78, 5) is 35.0. The van der Waals surface area contributed by atoms with Gasteiger partial charge in [0.05, 0.1) is 11.4 Å². The second-order valence-electron chi connectivity index (χ2n) is 11.6. The lowest BCUT2D eigenvalue weighted by Gasteiger charge is -2.44. The molecule has 3 heterocycles. The smallest absolute Gasteiger partial charge is 0.330 e. The van der Waals surface area contributed by atoms with Crippen molar-refractivity contribution in [2.24, 2.45) is 28.8 Å². The summed E-state index contributed by atoms with van der Waals surface area (Å²) < 4.78 is 3.56. The molecular formula is C26H37N5O2. The Morgan fingerprint density at radius 3 is 2.70 bits per heavy atom. The Labute approximate surface area is 195 Å². The van der Waals surface area contributed by atoms with Crippen LogP contribution in [0.5, 0.6) is 0 Å². The van der Waals surface area contributed by atoms with Crippen molar-refractivity contribution in [3.63, 3.8) is 0 Å². The van der Waals surface area contributed by atoms with Gasteiger partial charge in [-0.3, -0.25) is 23.9 Å². The molecule has 0 aromatic carbocycles. The third-order valence-corrected chi connectivity index (χ3v) is 7.22. The molecule has 2 aromatic rings. The molecule has 3 unspecified atom stereocenters. The van der Waals surface area contributed by atoms with Crippen LogP contribution in [-0.2, 0) is 13.6 Å². The number of carbonyl (C=O) groups excluding carboxylic acids is 1. The number of pyridine rings is 1. The summed E-state index contributed by atoms with van der Waals surface area (Å²) in [6.45, 7) is 11.6. The van der Waals surface area contributed by atoms with Crippen molar-refractivity contribution in [3.8, 4) is 0 Å². The third-order valence-electron chi connectivity index (χ3n) is 7.22. The third kappa shape index (κ3) is 4.82. The molecule has 0 bridgehead atoms. The van der Waals surface area contributed by atoms with Crippen molar-refractivity contribution < 1.29 is 4.79 Å². The van der Waals surface area contributed by atoms with E-state index in [1.807, 2.05) is 23.7 Å². The predicted octanol–water partition coefficient (Wildman–Crippen LogP) is 2.43. The van der Waals surface area contributed by atoms with E-state index in [1.54, 1.807) is 16.8 Å². The van der Waals surface area contributed by atoms with E-state index in [2.05, 4.69) is 51.0 Å². The fraction of sp³-hybridized carbons (Fsp3) is 0.615. The second-order valence-corrected chi connectivity index (χ2v) is 11.6. The summed E-state index contributed by atoms with van der Waals surface area (Å²) in [5, 5.41) is 4.20. The Bertz CT molecular complexity index is 1200. The van der Waals surface area contributed by atoms with Crippen LogP contribution in [0.25, 0.3) is 6.08 Å². The maximum Gasteiger partial charge on any atom is 0.330 e. The van der Waals surface area contributed by atoms with E-state index in [0.717, 1.165) is 36.5 Å². The standard InChI is InChI=1S/C26H37N5O2/c1-25(2,3)16-31-20-11-10-18(28-22(20)30(6)24(31)33)17-12-13-26(4,5)21(15-17)29-23(32)19-9-7-8-14-27-19/h7-9,11,14,17-18,21H,10,12-13,15-16H2,1-6H3,(H,29,32). The monoisotopic (exact) mass is 451 g/mol. The van der Waals surface area contributed by atoms with E-state index in [9.17, 15) is 9.59 Å². The number of fused-ring (bicyclic) bond motifs is 1. The van der Waals surface area contributed by atoms with Gasteiger partial charge in [-0.2, -0.15) is 0 Å². The number of carbonyl (C=O) groups is 1. The number of aromatic nitrogens is 3. The van der Waals surface area contributed by atoms with Crippen LogP contribution in [0.1, 0.15) is 70.8 Å². The summed E-state index contributed by atoms with van der Waals surface area (Å²) in [5.74, 6) is 0.239. The summed E-state index contributed by atoms with van der Waals surface area (Å²) in [6.07, 6.45) is 7.63. The molecule has 7 heteroatoms. The zero-order valence-corrected chi connectivity index (χ0v) is 20.8. The molecule has 1 aliphatic heterocycles. The van der Waals surface area contributed by atoms with Crippen LogP contribution in [0.3, 0.4) is 0 Å². The van der Waals surface area contributed by atoms with Crippen LogP contribution in [0.4, 0.5) is 0 Å². The van der Waals surface area contributed by atoms with Crippen LogP contribution in [0.15, 0.2) is 34.2 Å². The van der Waals surface area contributed by atoms with Gasteiger partial charge in [0.2, 0.25) is 0 Å². The molecule has 1 N–H and O–H groups in total. The summed E-state index contributed by atoms with van der Waals surface area (Å²) in [6, 6.07) is 5.57. The van der Waals surface area contributed by atoms with E-state index < -0.39 is 0 Å². The van der Waals surface area contributed by atoms with Crippen LogP contribution in [0, 0.1) is 16.7 Å². The van der Waals surface area contributed by atoms with Gasteiger partial charge in [0.1, 0.15) is 5.69 Å². The van der Waals surface area contributed by atoms with Crippen LogP contribution < -0.4 is 21.8 Å². The quantitative estimate of drug-likeness (QED) is 0.775. The summed E-state index contributed by atoms with van der Waals surface area (Å²) in [5.41, 5.74) is 1.26. The van der Waals surface area contributed by atoms with Crippen molar-refractivity contribution >= 4 is 12.0 Å². The number of hydrogen-bond donors (Lipinski definition) is 1. The highest BCUT2D eigenvalue weighted by Crippen LogP contribution is 2.41. The van der Waals surface area contributed by atoms with E-state index in [4.69, 9.17) is 4.99 Å². The van der Waals surface area contributed by atoms with Gasteiger partial charge in [0.25, 0.3) is 5.91 Å². The van der Waals surface area contributed by atoms with Gasteiger partial charge in [-0.1, -0.05) is 46.8 Å². The first-order chi connectivity index (χ1) is 15.5. The van der Waals surface area contributed by atoms with E-state index in [1.165, 1.54) is 0 Å². The average molecular weight is 452 g/mol. The molecule has 4 rings (SSSR count). The molecule has 1 amide bonds. The molecule has 0 spiro atoms. The number of imidazole rings is 1. The van der Waals surface area contributed by atoms with Crippen molar-refractivity contribution in [3.05, 3.63) is 51.4 Å². The first kappa shape index (κ1) is 23.5. The Balaban J connectivity index is 1.57. The molecule has 2 aliphatic rings. The van der Waals surface area contributed by atoms with E-state index in [-0.39, 0.29) is 34.5 Å². The number of rotatable bonds is 4. The van der Waals surface area contributed by atoms with Gasteiger partial charge in [-0.25, -0.2) is 4.79 Å². The van der Waals surface area contributed by atoms with Crippen molar-refractivity contribution in [1.29, 1.82) is 0 Å². The van der Waals surface area contributed by atoms with Gasteiger partial charge >= 0.3 is 5.69 Å². The largest absolute Gasteiger partial charge is 0.347 e. The van der Waals surface area contributed by atoms with Crippen molar-refractivity contribution in [2.75, 3.05) is 0 Å². The molecule has 178 valence electrons. The highest BCUT2D eigenvalue weighted by Gasteiger charge is 2.40. The first-order valence-corrected chi connectivity index (χ1v) is 12.0. The van der Waals surface area contributed by atoms with Crippen LogP contribution in [-0.4, -0.2) is 32.1 Å². The van der Waals surface area contributed by atoms with Crippen molar-refractivity contribution in [2.45, 2.75) is 78.9 Å². The molecule has 1 saturated carbocycles. The van der Waals surface area contributed by atoms with Gasteiger partial charge in [0, 0.05) is 25.8 Å². The van der Waals surface area contributed by atoms with Crippen LogP contribution in [0.2, 0.25) is 0 Å². The maximum atomic E-state index is 12.9. The lowest BCUT2D eigenvalue weighted by atomic mass is 9.67. The van der Waals surface area contributed by atoms with Gasteiger partial charge in [-0.15, -0.1) is 0 Å². The Kier molecular flexibility index (Phi) is 6.10. The average Bonchev–Trinajstić information content (AvgIpc) is 2.99. The van der Waals surface area contributed by atoms with Gasteiger partial charge < -0.3 is 5.32 Å². The highest BCUT2D eigenvalue weighted by atomic mass is 16.2. The number of amides is 1. The molecule has 0 saturated heterocycles. The predicted molar refractivity (Wildman–Crippen MR) is 129 cm³/mol. The molecule has 0 radical (unpaired) electrons. The molecule has 33 heavy (non-hydrogen) atoms. The molecule has 3 atom stereocenters. The number of nitrogens with one attached hydrogen (secondary N) is 1. The fourth-order valence-corrected chi connectivity index (χ4v) is 5.19. The minimum atomic E-state index is -0.120. The molecular weight excluding hydrogens is 414 g/mol. The zero-order chi connectivity index (χ0) is 24.0. The zero-order valence-electron chi connectivity index (χ0n) is 20.8. The Morgan fingerprint density at radius 2 is 2.03 bits per heavy atom. The first-order valence-electron chi connectivity index (χ1n) is 12.0. The Morgan fingerprint density at radius 1 is 1.27 bits per heavy atom. The van der Waals surface area contributed by atoms with Crippen molar-refractivity contribution in [1.82, 2.24) is 19.4 Å². The molecule has 7 nitrogen and oxygen atoms in total. The SMILES string of the molecule is Cn1c2c(n(CC(C)(C)C)c1=O)=CCC(C1CCC(C)(C)C(NC(=O)c3ccccn3)C1)N=2. The topological polar surface area (TPSA) is 81.3 Å². The molecule has 1 fully saturated rings. The van der Waals surface area contributed by atoms with E-state index >= 15 is 0 Å². The molecule has 2 aromatic heterocycles. The highest BCUT2D eigenvalue weighted by molar-refractivity contribution is 5.92. The van der Waals surface area contributed by atoms with Gasteiger partial charge in [0.15, 0.2) is 5.49 Å². The summed E-state index contributed by atoms with van der Waals surface area (Å²) >= 11 is 0. The minimum absolute atomic E-state index is 0.000790. The maximum absolute atomic E-state index is 12.9. The second kappa shape index (κ2) is 8.58. The lowest BCUT2D eigenvalue weighted by molar-refractivity contribution is 0.0772. The number of nitrogens with zero attached hydrogens (tertiary/aromatic N) is 4. The fourth-order valence-electron chi connectivity index (χ4n) is 5.19.